The van der Waals surface area contributed by atoms with E-state index in [4.69, 9.17) is 0 Å². The molecule has 1 saturated carbocycles. The van der Waals surface area contributed by atoms with Crippen LogP contribution in [0.5, 0.6) is 0 Å². The van der Waals surface area contributed by atoms with E-state index >= 15 is 0 Å². The number of carbonyl (C=O) groups is 1. The molecular weight excluding hydrogens is 248 g/mol. The van der Waals surface area contributed by atoms with Crippen molar-refractivity contribution in [2.24, 2.45) is 0 Å². The van der Waals surface area contributed by atoms with Gasteiger partial charge in [0, 0.05) is 12.1 Å². The van der Waals surface area contributed by atoms with Gasteiger partial charge in [-0.3, -0.25) is 9.48 Å². The topological polar surface area (TPSA) is 34.9 Å². The van der Waals surface area contributed by atoms with Crippen molar-refractivity contribution in [2.45, 2.75) is 44.6 Å². The average molecular weight is 268 g/mol. The highest BCUT2D eigenvalue weighted by Crippen LogP contribution is 2.33. The molecule has 3 nitrogen and oxygen atoms in total. The van der Waals surface area contributed by atoms with Crippen LogP contribution in [0.4, 0.5) is 0 Å². The Morgan fingerprint density at radius 1 is 1.15 bits per heavy atom. The van der Waals surface area contributed by atoms with E-state index in [0.29, 0.717) is 5.92 Å². The van der Waals surface area contributed by atoms with E-state index < -0.39 is 0 Å². The molecule has 0 amide bonds. The average Bonchev–Trinajstić information content (AvgIpc) is 2.92. The van der Waals surface area contributed by atoms with E-state index in [0.717, 1.165) is 24.1 Å². The Morgan fingerprint density at radius 2 is 1.90 bits per heavy atom. The predicted molar refractivity (Wildman–Crippen MR) is 79.0 cm³/mol. The first kappa shape index (κ1) is 13.1. The predicted octanol–water partition coefficient (Wildman–Crippen LogP) is 3.79. The lowest BCUT2D eigenvalue weighted by atomic mass is 9.86. The van der Waals surface area contributed by atoms with Gasteiger partial charge in [0.05, 0.1) is 17.8 Å². The van der Waals surface area contributed by atoms with Crippen LogP contribution in [-0.2, 0) is 6.54 Å². The highest BCUT2D eigenvalue weighted by Gasteiger charge is 2.21. The van der Waals surface area contributed by atoms with Gasteiger partial charge in [-0.05, 0) is 18.4 Å². The summed E-state index contributed by atoms with van der Waals surface area (Å²) in [7, 11) is 0. The lowest BCUT2D eigenvalue weighted by molar-refractivity contribution is 0.112. The number of benzene rings is 1. The molecule has 0 radical (unpaired) electrons. The Morgan fingerprint density at radius 3 is 2.60 bits per heavy atom. The van der Waals surface area contributed by atoms with Gasteiger partial charge in [-0.25, -0.2) is 0 Å². The molecule has 0 bridgehead atoms. The van der Waals surface area contributed by atoms with Crippen LogP contribution in [0.15, 0.2) is 36.5 Å². The summed E-state index contributed by atoms with van der Waals surface area (Å²) in [4.78, 5) is 11.3. The molecule has 0 unspecified atom stereocenters. The lowest BCUT2D eigenvalue weighted by Gasteiger charge is -2.20. The SMILES string of the molecule is O=Cc1cn(Cc2ccccc2)nc1C1CCCCC1. The molecule has 0 spiro atoms. The van der Waals surface area contributed by atoms with Gasteiger partial charge >= 0.3 is 0 Å². The molecular formula is C17H20N2O. The summed E-state index contributed by atoms with van der Waals surface area (Å²) in [6, 6.07) is 10.2. The van der Waals surface area contributed by atoms with Gasteiger partial charge in [0.1, 0.15) is 0 Å². The molecule has 1 aliphatic carbocycles. The summed E-state index contributed by atoms with van der Waals surface area (Å²) in [5.74, 6) is 0.473. The van der Waals surface area contributed by atoms with Crippen molar-refractivity contribution in [3.63, 3.8) is 0 Å². The second-order valence-electron chi connectivity index (χ2n) is 5.61. The van der Waals surface area contributed by atoms with E-state index in [2.05, 4.69) is 17.2 Å². The zero-order valence-corrected chi connectivity index (χ0v) is 11.7. The second kappa shape index (κ2) is 6.04. The fourth-order valence-electron chi connectivity index (χ4n) is 3.09. The zero-order valence-electron chi connectivity index (χ0n) is 11.7. The Balaban J connectivity index is 1.82. The fourth-order valence-corrected chi connectivity index (χ4v) is 3.09. The van der Waals surface area contributed by atoms with E-state index in [-0.39, 0.29) is 0 Å². The monoisotopic (exact) mass is 268 g/mol. The van der Waals surface area contributed by atoms with Crippen molar-refractivity contribution < 1.29 is 4.79 Å². The van der Waals surface area contributed by atoms with Gasteiger partial charge in [0.25, 0.3) is 0 Å². The minimum atomic E-state index is 0.473. The van der Waals surface area contributed by atoms with Gasteiger partial charge in [0.15, 0.2) is 6.29 Å². The third-order valence-electron chi connectivity index (χ3n) is 4.13. The van der Waals surface area contributed by atoms with Crippen LogP contribution in [0.2, 0.25) is 0 Å². The van der Waals surface area contributed by atoms with Crippen LogP contribution in [-0.4, -0.2) is 16.1 Å². The molecule has 1 fully saturated rings. The van der Waals surface area contributed by atoms with Crippen molar-refractivity contribution in [3.8, 4) is 0 Å². The lowest BCUT2D eigenvalue weighted by Crippen LogP contribution is -2.08. The molecule has 0 atom stereocenters. The van der Waals surface area contributed by atoms with Crippen molar-refractivity contribution in [1.29, 1.82) is 0 Å². The third-order valence-corrected chi connectivity index (χ3v) is 4.13. The number of carbonyl (C=O) groups excluding carboxylic acids is 1. The summed E-state index contributed by atoms with van der Waals surface area (Å²) < 4.78 is 1.91. The Labute approximate surface area is 119 Å². The van der Waals surface area contributed by atoms with Crippen LogP contribution in [0.3, 0.4) is 0 Å². The first-order valence-corrected chi connectivity index (χ1v) is 7.43. The highest BCUT2D eigenvalue weighted by molar-refractivity contribution is 5.76. The molecule has 2 aromatic rings. The van der Waals surface area contributed by atoms with Crippen molar-refractivity contribution in [2.75, 3.05) is 0 Å². The summed E-state index contributed by atoms with van der Waals surface area (Å²) >= 11 is 0. The molecule has 1 heterocycles. The normalized spacial score (nSPS) is 16.2. The van der Waals surface area contributed by atoms with Gasteiger partial charge in [-0.15, -0.1) is 0 Å². The van der Waals surface area contributed by atoms with E-state index in [1.807, 2.05) is 29.1 Å². The number of aromatic nitrogens is 2. The van der Waals surface area contributed by atoms with Crippen LogP contribution in [0.25, 0.3) is 0 Å². The van der Waals surface area contributed by atoms with Crippen LogP contribution >= 0.6 is 0 Å². The minimum absolute atomic E-state index is 0.473. The highest BCUT2D eigenvalue weighted by atomic mass is 16.1. The summed E-state index contributed by atoms with van der Waals surface area (Å²) in [5.41, 5.74) is 2.99. The number of hydrogen-bond donors (Lipinski definition) is 0. The van der Waals surface area contributed by atoms with Crippen LogP contribution < -0.4 is 0 Å². The maximum absolute atomic E-state index is 11.3. The van der Waals surface area contributed by atoms with Crippen LogP contribution in [0, 0.1) is 0 Å². The molecule has 20 heavy (non-hydrogen) atoms. The maximum atomic E-state index is 11.3. The Kier molecular flexibility index (Phi) is 3.95. The molecule has 1 aliphatic rings. The molecule has 0 N–H and O–H groups in total. The van der Waals surface area contributed by atoms with Crippen molar-refractivity contribution in [1.82, 2.24) is 9.78 Å². The van der Waals surface area contributed by atoms with Gasteiger partial charge in [-0.2, -0.15) is 5.10 Å². The van der Waals surface area contributed by atoms with Crippen molar-refractivity contribution >= 4 is 6.29 Å². The molecule has 0 saturated heterocycles. The number of aldehydes is 1. The Hall–Kier alpha value is -1.90. The first-order chi connectivity index (χ1) is 9.86. The van der Waals surface area contributed by atoms with E-state index in [1.54, 1.807) is 0 Å². The molecule has 1 aromatic carbocycles. The number of hydrogen-bond acceptors (Lipinski definition) is 2. The largest absolute Gasteiger partial charge is 0.298 e. The van der Waals surface area contributed by atoms with Gasteiger partial charge < -0.3 is 0 Å². The molecule has 0 aliphatic heterocycles. The molecule has 1 aromatic heterocycles. The molecule has 3 heteroatoms. The molecule has 3 rings (SSSR count). The van der Waals surface area contributed by atoms with Crippen LogP contribution in [0.1, 0.15) is 59.6 Å². The first-order valence-electron chi connectivity index (χ1n) is 7.43. The summed E-state index contributed by atoms with van der Waals surface area (Å²) in [6.07, 6.45) is 9.02. The zero-order chi connectivity index (χ0) is 13.8. The minimum Gasteiger partial charge on any atom is -0.298 e. The number of nitrogens with zero attached hydrogens (tertiary/aromatic N) is 2. The standard InChI is InChI=1S/C17H20N2O/c20-13-16-12-19(11-14-7-3-1-4-8-14)18-17(16)15-9-5-2-6-10-15/h1,3-4,7-8,12-13,15H,2,5-6,9-11H2. The van der Waals surface area contributed by atoms with Crippen molar-refractivity contribution in [3.05, 3.63) is 53.3 Å². The fraction of sp³-hybridized carbons (Fsp3) is 0.412. The molecule has 104 valence electrons. The second-order valence-corrected chi connectivity index (χ2v) is 5.61. The van der Waals surface area contributed by atoms with E-state index in [1.165, 1.54) is 37.7 Å². The number of rotatable bonds is 4. The van der Waals surface area contributed by atoms with Gasteiger partial charge in [-0.1, -0.05) is 49.6 Å². The quantitative estimate of drug-likeness (QED) is 0.791. The summed E-state index contributed by atoms with van der Waals surface area (Å²) in [5, 5.41) is 4.69. The Bertz CT molecular complexity index is 568. The van der Waals surface area contributed by atoms with E-state index in [9.17, 15) is 4.79 Å². The smallest absolute Gasteiger partial charge is 0.153 e. The summed E-state index contributed by atoms with van der Waals surface area (Å²) in [6.45, 7) is 0.731. The van der Waals surface area contributed by atoms with Gasteiger partial charge in [0.2, 0.25) is 0 Å². The maximum Gasteiger partial charge on any atom is 0.153 e. The third kappa shape index (κ3) is 2.82.